The molecule has 0 heterocycles. The molecule has 2 N–H and O–H groups in total. The van der Waals surface area contributed by atoms with E-state index in [-0.39, 0.29) is 0 Å². The van der Waals surface area contributed by atoms with Gasteiger partial charge in [0.15, 0.2) is 23.3 Å². The second kappa shape index (κ2) is 8.49. The summed E-state index contributed by atoms with van der Waals surface area (Å²) >= 11 is 0. The van der Waals surface area contributed by atoms with E-state index in [4.69, 9.17) is 0 Å². The van der Waals surface area contributed by atoms with Crippen molar-refractivity contribution in [2.45, 2.75) is 18.7 Å². The number of hydrogen-bond acceptors (Lipinski definition) is 4. The van der Waals surface area contributed by atoms with E-state index >= 15 is 0 Å². The van der Waals surface area contributed by atoms with Crippen LogP contribution in [0.1, 0.15) is 22.8 Å². The molecule has 0 aliphatic carbocycles. The predicted octanol–water partition coefficient (Wildman–Crippen LogP) is 3.95. The highest BCUT2D eigenvalue weighted by Crippen LogP contribution is 2.40. The quantitative estimate of drug-likeness (QED) is 0.309. The van der Waals surface area contributed by atoms with Gasteiger partial charge in [-0.05, 0) is 19.1 Å². The molecule has 0 aliphatic heterocycles. The van der Waals surface area contributed by atoms with Crippen molar-refractivity contribution in [2.24, 2.45) is 0 Å². The Morgan fingerprint density at radius 2 is 1.35 bits per heavy atom. The Hall–Kier alpha value is -3.22. The average molecular weight is 457 g/mol. The number of carbonyl (C=O) groups excluding carboxylic acids is 2. The van der Waals surface area contributed by atoms with Crippen LogP contribution in [0.5, 0.6) is 0 Å². The van der Waals surface area contributed by atoms with Gasteiger partial charge in [0, 0.05) is 11.3 Å². The third-order valence-electron chi connectivity index (χ3n) is 3.98. The maximum absolute atomic E-state index is 13.7. The molecule has 2 aromatic rings. The molecule has 31 heavy (non-hydrogen) atoms. The van der Waals surface area contributed by atoms with Gasteiger partial charge in [0.1, 0.15) is 5.56 Å². The molecule has 0 fully saturated rings. The van der Waals surface area contributed by atoms with E-state index in [1.54, 1.807) is 5.32 Å². The summed E-state index contributed by atoms with van der Waals surface area (Å²) in [7, 11) is 0. The summed E-state index contributed by atoms with van der Waals surface area (Å²) in [4.78, 5) is 23.6. The number of rotatable bonds is 5. The number of carbonyl (C=O) groups is 2. The van der Waals surface area contributed by atoms with Gasteiger partial charge in [-0.15, -0.1) is 0 Å². The van der Waals surface area contributed by atoms with E-state index in [2.05, 4.69) is 4.74 Å². The van der Waals surface area contributed by atoms with E-state index in [0.29, 0.717) is 24.3 Å². The zero-order valence-corrected chi connectivity index (χ0v) is 15.2. The molecule has 1 amide bonds. The number of halogens is 8. The van der Waals surface area contributed by atoms with E-state index in [1.807, 2.05) is 0 Å². The molecule has 2 aromatic carbocycles. The zero-order valence-electron chi connectivity index (χ0n) is 15.2. The molecule has 13 heteroatoms. The van der Waals surface area contributed by atoms with E-state index < -0.39 is 76.2 Å². The number of alkyl halides is 3. The van der Waals surface area contributed by atoms with E-state index in [9.17, 15) is 49.8 Å². The van der Waals surface area contributed by atoms with Crippen LogP contribution in [0.3, 0.4) is 0 Å². The van der Waals surface area contributed by atoms with Gasteiger partial charge in [-0.25, -0.2) is 26.7 Å². The molecule has 0 spiro atoms. The normalized spacial score (nSPS) is 13.5. The number of nitrogens with one attached hydrogen (secondary N) is 1. The molecule has 2 rings (SSSR count). The number of amides is 1. The van der Waals surface area contributed by atoms with Crippen molar-refractivity contribution in [3.8, 4) is 0 Å². The predicted molar refractivity (Wildman–Crippen MR) is 87.2 cm³/mol. The second-order valence-electron chi connectivity index (χ2n) is 5.91. The minimum Gasteiger partial charge on any atom is -0.463 e. The molecule has 0 saturated carbocycles. The fraction of sp³-hybridized carbons (Fsp3) is 0.222. The molecule has 0 aromatic heterocycles. The summed E-state index contributed by atoms with van der Waals surface area (Å²) in [6, 6.07) is 2.46. The third kappa shape index (κ3) is 4.17. The minimum atomic E-state index is -5.50. The van der Waals surface area contributed by atoms with Crippen molar-refractivity contribution in [3.63, 3.8) is 0 Å². The molecule has 5 nitrogen and oxygen atoms in total. The van der Waals surface area contributed by atoms with Gasteiger partial charge < -0.3 is 15.2 Å². The Labute approximate surface area is 168 Å². The maximum atomic E-state index is 13.7. The Morgan fingerprint density at radius 3 is 1.77 bits per heavy atom. The topological polar surface area (TPSA) is 75.6 Å². The Morgan fingerprint density at radius 1 is 0.903 bits per heavy atom. The first-order valence-electron chi connectivity index (χ1n) is 8.16. The van der Waals surface area contributed by atoms with Gasteiger partial charge in [0.05, 0.1) is 6.61 Å². The molecule has 0 bridgehead atoms. The molecule has 0 radical (unpaired) electrons. The third-order valence-corrected chi connectivity index (χ3v) is 3.98. The first-order chi connectivity index (χ1) is 14.3. The number of aliphatic hydroxyl groups is 1. The highest BCUT2D eigenvalue weighted by atomic mass is 19.4. The summed E-state index contributed by atoms with van der Waals surface area (Å²) in [5, 5.41) is 11.7. The van der Waals surface area contributed by atoms with Gasteiger partial charge >= 0.3 is 12.1 Å². The number of hydrogen-bond donors (Lipinski definition) is 2. The van der Waals surface area contributed by atoms with Crippen molar-refractivity contribution in [1.29, 1.82) is 0 Å². The van der Waals surface area contributed by atoms with E-state index in [1.165, 1.54) is 6.92 Å². The molecule has 0 unspecified atom stereocenters. The Bertz CT molecular complexity index is 994. The second-order valence-corrected chi connectivity index (χ2v) is 5.91. The lowest BCUT2D eigenvalue weighted by Gasteiger charge is -2.28. The smallest absolute Gasteiger partial charge is 0.432 e. The van der Waals surface area contributed by atoms with Gasteiger partial charge in [0.2, 0.25) is 5.82 Å². The highest BCUT2D eigenvalue weighted by molar-refractivity contribution is 6.04. The van der Waals surface area contributed by atoms with Crippen LogP contribution in [0.25, 0.3) is 0 Å². The van der Waals surface area contributed by atoms with Crippen molar-refractivity contribution in [2.75, 3.05) is 11.9 Å². The van der Waals surface area contributed by atoms with Crippen LogP contribution in [-0.2, 0) is 15.1 Å². The SMILES string of the molecule is CCOC(=O)[C@](O)(c1ccc(NC(=O)c2c(F)c(F)c(F)c(F)c2F)cc1)C(F)(F)F. The van der Waals surface area contributed by atoms with E-state index in [0.717, 1.165) is 0 Å². The van der Waals surface area contributed by atoms with Crippen LogP contribution in [-0.4, -0.2) is 29.8 Å². The van der Waals surface area contributed by atoms with Crippen LogP contribution >= 0.6 is 0 Å². The van der Waals surface area contributed by atoms with Crippen molar-refractivity contribution < 1.29 is 54.6 Å². The number of benzene rings is 2. The summed E-state index contributed by atoms with van der Waals surface area (Å²) in [6.45, 7) is 0.722. The number of ether oxygens (including phenoxy) is 1. The Kier molecular flexibility index (Phi) is 6.59. The number of esters is 1. The molecule has 0 saturated heterocycles. The lowest BCUT2D eigenvalue weighted by Crippen LogP contribution is -2.50. The fourth-order valence-corrected chi connectivity index (χ4v) is 2.43. The lowest BCUT2D eigenvalue weighted by atomic mass is 9.93. The molecular formula is C18H11F8NO4. The molecular weight excluding hydrogens is 446 g/mol. The van der Waals surface area contributed by atoms with Gasteiger partial charge in [0.25, 0.3) is 11.5 Å². The first kappa shape index (κ1) is 24.1. The minimum absolute atomic E-state index is 0.453. The summed E-state index contributed by atoms with van der Waals surface area (Å²) in [5.41, 5.74) is -7.36. The van der Waals surface area contributed by atoms with Crippen LogP contribution in [0.15, 0.2) is 24.3 Å². The Balaban J connectivity index is 2.39. The van der Waals surface area contributed by atoms with Crippen molar-refractivity contribution >= 4 is 17.6 Å². The fourth-order valence-electron chi connectivity index (χ4n) is 2.43. The van der Waals surface area contributed by atoms with Crippen LogP contribution in [0.2, 0.25) is 0 Å². The van der Waals surface area contributed by atoms with Gasteiger partial charge in [-0.2, -0.15) is 13.2 Å². The van der Waals surface area contributed by atoms with Crippen LogP contribution < -0.4 is 5.32 Å². The molecule has 1 atom stereocenters. The van der Waals surface area contributed by atoms with Crippen LogP contribution in [0.4, 0.5) is 40.8 Å². The lowest BCUT2D eigenvalue weighted by molar-refractivity contribution is -0.267. The van der Waals surface area contributed by atoms with Gasteiger partial charge in [-0.3, -0.25) is 4.79 Å². The molecule has 0 aliphatic rings. The average Bonchev–Trinajstić information content (AvgIpc) is 2.70. The highest BCUT2D eigenvalue weighted by Gasteiger charge is 2.62. The summed E-state index contributed by atoms with van der Waals surface area (Å²) in [6.07, 6.45) is -5.50. The van der Waals surface area contributed by atoms with Crippen molar-refractivity contribution in [3.05, 3.63) is 64.5 Å². The number of anilines is 1. The largest absolute Gasteiger partial charge is 0.463 e. The van der Waals surface area contributed by atoms with Crippen molar-refractivity contribution in [1.82, 2.24) is 0 Å². The molecule has 168 valence electrons. The van der Waals surface area contributed by atoms with Gasteiger partial charge in [-0.1, -0.05) is 12.1 Å². The van der Waals surface area contributed by atoms with Crippen LogP contribution in [0, 0.1) is 29.1 Å². The first-order valence-corrected chi connectivity index (χ1v) is 8.16. The zero-order chi connectivity index (χ0) is 23.7. The maximum Gasteiger partial charge on any atom is 0.432 e. The standard InChI is InChI=1S/C18H11F8NO4/c1-2-31-16(29)17(30,18(24,25)26)7-3-5-8(6-4-7)27-15(28)9-10(19)12(21)14(23)13(22)11(9)20/h3-6,30H,2H2,1H3,(H,27,28)/t17-/m1/s1. The summed E-state index contributed by atoms with van der Waals surface area (Å²) < 4.78 is 111. The monoisotopic (exact) mass is 457 g/mol. The summed E-state index contributed by atoms with van der Waals surface area (Å²) in [5.74, 6) is -15.9.